The number of nitrogens with one attached hydrogen (secondary N) is 2. The zero-order chi connectivity index (χ0) is 18.4. The Labute approximate surface area is 158 Å². The van der Waals surface area contributed by atoms with Crippen molar-refractivity contribution in [1.82, 2.24) is 10.6 Å². The molecule has 4 nitrogen and oxygen atoms in total. The SMILES string of the molecule is O=C(/C=C/c1ccc(C(=O)NC2CC2)cc1)NCCc1ccc(Cl)cc1. The molecule has 0 bridgehead atoms. The van der Waals surface area contributed by atoms with Crippen LogP contribution in [0.25, 0.3) is 6.08 Å². The van der Waals surface area contributed by atoms with Crippen molar-refractivity contribution in [2.24, 2.45) is 0 Å². The molecule has 1 aliphatic rings. The summed E-state index contributed by atoms with van der Waals surface area (Å²) < 4.78 is 0. The van der Waals surface area contributed by atoms with Crippen LogP contribution in [0.3, 0.4) is 0 Å². The Bertz CT molecular complexity index is 794. The number of benzene rings is 2. The largest absolute Gasteiger partial charge is 0.352 e. The van der Waals surface area contributed by atoms with Gasteiger partial charge in [0.15, 0.2) is 0 Å². The van der Waals surface area contributed by atoms with Gasteiger partial charge in [-0.1, -0.05) is 35.9 Å². The molecule has 1 aliphatic carbocycles. The molecule has 5 heteroatoms. The van der Waals surface area contributed by atoms with Crippen molar-refractivity contribution >= 4 is 29.5 Å². The molecule has 0 spiro atoms. The van der Waals surface area contributed by atoms with Gasteiger partial charge >= 0.3 is 0 Å². The second kappa shape index (κ2) is 8.68. The highest BCUT2D eigenvalue weighted by Crippen LogP contribution is 2.19. The summed E-state index contributed by atoms with van der Waals surface area (Å²) in [6, 6.07) is 15.1. The molecule has 2 amide bonds. The number of hydrogen-bond acceptors (Lipinski definition) is 2. The number of carbonyl (C=O) groups excluding carboxylic acids is 2. The van der Waals surface area contributed by atoms with Crippen molar-refractivity contribution < 1.29 is 9.59 Å². The van der Waals surface area contributed by atoms with Crippen LogP contribution in [0.5, 0.6) is 0 Å². The molecule has 0 aliphatic heterocycles. The summed E-state index contributed by atoms with van der Waals surface area (Å²) >= 11 is 5.85. The van der Waals surface area contributed by atoms with Gasteiger partial charge < -0.3 is 10.6 Å². The molecule has 0 unspecified atom stereocenters. The van der Waals surface area contributed by atoms with E-state index < -0.39 is 0 Å². The summed E-state index contributed by atoms with van der Waals surface area (Å²) in [5, 5.41) is 6.51. The van der Waals surface area contributed by atoms with Gasteiger partial charge in [-0.2, -0.15) is 0 Å². The van der Waals surface area contributed by atoms with Gasteiger partial charge in [-0.25, -0.2) is 0 Å². The quantitative estimate of drug-likeness (QED) is 0.733. The van der Waals surface area contributed by atoms with Gasteiger partial charge in [-0.3, -0.25) is 9.59 Å². The average Bonchev–Trinajstić information content (AvgIpc) is 3.46. The Morgan fingerprint density at radius 1 is 1.04 bits per heavy atom. The second-order valence-corrected chi connectivity index (χ2v) is 6.81. The molecule has 0 heterocycles. The summed E-state index contributed by atoms with van der Waals surface area (Å²) in [6.45, 7) is 0.561. The maximum absolute atomic E-state index is 11.9. The van der Waals surface area contributed by atoms with Crippen LogP contribution in [0, 0.1) is 0 Å². The van der Waals surface area contributed by atoms with Gasteiger partial charge in [0.1, 0.15) is 0 Å². The Hall–Kier alpha value is -2.59. The molecule has 2 aromatic rings. The first-order valence-corrected chi connectivity index (χ1v) is 9.09. The lowest BCUT2D eigenvalue weighted by Gasteiger charge is -2.04. The van der Waals surface area contributed by atoms with Crippen LogP contribution < -0.4 is 10.6 Å². The first-order valence-electron chi connectivity index (χ1n) is 8.71. The van der Waals surface area contributed by atoms with E-state index in [1.165, 1.54) is 6.08 Å². The predicted molar refractivity (Wildman–Crippen MR) is 104 cm³/mol. The molecular weight excluding hydrogens is 348 g/mol. The van der Waals surface area contributed by atoms with E-state index in [2.05, 4.69) is 10.6 Å². The third-order valence-electron chi connectivity index (χ3n) is 4.14. The van der Waals surface area contributed by atoms with E-state index in [0.717, 1.165) is 30.4 Å². The highest BCUT2D eigenvalue weighted by molar-refractivity contribution is 6.30. The molecule has 0 saturated heterocycles. The Kier molecular flexibility index (Phi) is 6.08. The van der Waals surface area contributed by atoms with Crippen molar-refractivity contribution in [3.63, 3.8) is 0 Å². The summed E-state index contributed by atoms with van der Waals surface area (Å²) in [4.78, 5) is 23.8. The lowest BCUT2D eigenvalue weighted by molar-refractivity contribution is -0.116. The molecular formula is C21H21ClN2O2. The third kappa shape index (κ3) is 5.74. The molecule has 26 heavy (non-hydrogen) atoms. The zero-order valence-electron chi connectivity index (χ0n) is 14.4. The van der Waals surface area contributed by atoms with Crippen LogP contribution >= 0.6 is 11.6 Å². The normalized spacial score (nSPS) is 13.6. The van der Waals surface area contributed by atoms with Crippen LogP contribution in [0.1, 0.15) is 34.3 Å². The summed E-state index contributed by atoms with van der Waals surface area (Å²) in [6.07, 6.45) is 6.13. The number of halogens is 1. The first-order chi connectivity index (χ1) is 12.6. The Balaban J connectivity index is 1.43. The zero-order valence-corrected chi connectivity index (χ0v) is 15.1. The number of carbonyl (C=O) groups is 2. The van der Waals surface area contributed by atoms with Crippen LogP contribution in [0.15, 0.2) is 54.6 Å². The highest BCUT2D eigenvalue weighted by Gasteiger charge is 2.23. The van der Waals surface area contributed by atoms with Gasteiger partial charge in [-0.05, 0) is 60.7 Å². The maximum Gasteiger partial charge on any atom is 0.251 e. The minimum atomic E-state index is -0.144. The summed E-state index contributed by atoms with van der Waals surface area (Å²) in [5.74, 6) is -0.183. The Morgan fingerprint density at radius 2 is 1.73 bits per heavy atom. The van der Waals surface area contributed by atoms with Crippen LogP contribution in [-0.2, 0) is 11.2 Å². The van der Waals surface area contributed by atoms with Gasteiger partial charge in [0.2, 0.25) is 5.91 Å². The molecule has 0 aromatic heterocycles. The minimum Gasteiger partial charge on any atom is -0.352 e. The van der Waals surface area contributed by atoms with Gasteiger partial charge in [0, 0.05) is 29.2 Å². The summed E-state index contributed by atoms with van der Waals surface area (Å²) in [5.41, 5.74) is 2.64. The molecule has 1 saturated carbocycles. The summed E-state index contributed by atoms with van der Waals surface area (Å²) in [7, 11) is 0. The predicted octanol–water partition coefficient (Wildman–Crippen LogP) is 3.60. The smallest absolute Gasteiger partial charge is 0.251 e. The van der Waals surface area contributed by atoms with Crippen molar-refractivity contribution in [2.45, 2.75) is 25.3 Å². The van der Waals surface area contributed by atoms with Crippen molar-refractivity contribution in [1.29, 1.82) is 0 Å². The molecule has 2 N–H and O–H groups in total. The van der Waals surface area contributed by atoms with Crippen LogP contribution in [0.2, 0.25) is 5.02 Å². The average molecular weight is 369 g/mol. The monoisotopic (exact) mass is 368 g/mol. The van der Waals surface area contributed by atoms with E-state index in [1.54, 1.807) is 18.2 Å². The van der Waals surface area contributed by atoms with Crippen molar-refractivity contribution in [2.75, 3.05) is 6.54 Å². The molecule has 0 atom stereocenters. The Morgan fingerprint density at radius 3 is 2.38 bits per heavy atom. The van der Waals surface area contributed by atoms with Crippen molar-refractivity contribution in [3.8, 4) is 0 Å². The molecule has 1 fully saturated rings. The second-order valence-electron chi connectivity index (χ2n) is 6.37. The fourth-order valence-corrected chi connectivity index (χ4v) is 2.58. The highest BCUT2D eigenvalue weighted by atomic mass is 35.5. The van der Waals surface area contributed by atoms with E-state index in [1.807, 2.05) is 36.4 Å². The first kappa shape index (κ1) is 18.2. The lowest BCUT2D eigenvalue weighted by atomic mass is 10.1. The molecule has 0 radical (unpaired) electrons. The van der Waals surface area contributed by atoms with Crippen molar-refractivity contribution in [3.05, 3.63) is 76.3 Å². The lowest BCUT2D eigenvalue weighted by Crippen LogP contribution is -2.25. The number of rotatable bonds is 7. The van der Waals surface area contributed by atoms with E-state index in [9.17, 15) is 9.59 Å². The fraction of sp³-hybridized carbons (Fsp3) is 0.238. The van der Waals surface area contributed by atoms with E-state index in [-0.39, 0.29) is 11.8 Å². The van der Waals surface area contributed by atoms with E-state index in [0.29, 0.717) is 23.2 Å². The standard InChI is InChI=1S/C21H21ClN2O2/c22-18-8-3-16(4-9-18)13-14-23-20(25)12-5-15-1-6-17(7-2-15)21(26)24-19-10-11-19/h1-9,12,19H,10-11,13-14H2,(H,23,25)(H,24,26)/b12-5+. The van der Waals surface area contributed by atoms with Gasteiger partial charge in [0.05, 0.1) is 0 Å². The molecule has 2 aromatic carbocycles. The van der Waals surface area contributed by atoms with E-state index in [4.69, 9.17) is 11.6 Å². The third-order valence-corrected chi connectivity index (χ3v) is 4.39. The van der Waals surface area contributed by atoms with Crippen LogP contribution in [-0.4, -0.2) is 24.4 Å². The van der Waals surface area contributed by atoms with Gasteiger partial charge in [-0.15, -0.1) is 0 Å². The van der Waals surface area contributed by atoms with Gasteiger partial charge in [0.25, 0.3) is 5.91 Å². The minimum absolute atomic E-state index is 0.0389. The number of amides is 2. The molecule has 134 valence electrons. The molecule has 3 rings (SSSR count). The maximum atomic E-state index is 11.9. The fourth-order valence-electron chi connectivity index (χ4n) is 2.45. The van der Waals surface area contributed by atoms with E-state index >= 15 is 0 Å². The number of hydrogen-bond donors (Lipinski definition) is 2. The van der Waals surface area contributed by atoms with Crippen LogP contribution in [0.4, 0.5) is 0 Å². The topological polar surface area (TPSA) is 58.2 Å².